The van der Waals surface area contributed by atoms with Crippen LogP contribution in [0.4, 0.5) is 0 Å². The fourth-order valence-electron chi connectivity index (χ4n) is 7.19. The first-order chi connectivity index (χ1) is 24.2. The van der Waals surface area contributed by atoms with Crippen LogP contribution < -0.4 is 15.9 Å². The van der Waals surface area contributed by atoms with Crippen molar-refractivity contribution in [2.24, 2.45) is 0 Å². The molecule has 9 rings (SSSR count). The van der Waals surface area contributed by atoms with Crippen LogP contribution in [0.1, 0.15) is 23.6 Å². The van der Waals surface area contributed by atoms with E-state index in [1.54, 1.807) is 0 Å². The lowest BCUT2D eigenvalue weighted by Gasteiger charge is -2.21. The topological polar surface area (TPSA) is 30.0 Å². The van der Waals surface area contributed by atoms with Gasteiger partial charge in [0.25, 0.3) is 0 Å². The Morgan fingerprint density at radius 1 is 0.612 bits per heavy atom. The van der Waals surface area contributed by atoms with E-state index in [0.717, 1.165) is 39.1 Å². The molecule has 1 aliphatic rings. The molecule has 0 bridgehead atoms. The van der Waals surface area contributed by atoms with Crippen molar-refractivity contribution in [3.05, 3.63) is 187 Å². The molecule has 0 N–H and O–H groups in total. The van der Waals surface area contributed by atoms with Crippen molar-refractivity contribution in [2.45, 2.75) is 12.3 Å². The van der Waals surface area contributed by atoms with Gasteiger partial charge in [0.2, 0.25) is 0 Å². The zero-order chi connectivity index (χ0) is 32.8. The summed E-state index contributed by atoms with van der Waals surface area (Å²) in [5.74, 6) is 0.234. The Morgan fingerprint density at radius 2 is 1.24 bits per heavy atom. The van der Waals surface area contributed by atoms with Gasteiger partial charge in [0, 0.05) is 42.7 Å². The van der Waals surface area contributed by atoms with Gasteiger partial charge < -0.3 is 4.57 Å². The lowest BCUT2D eigenvalue weighted by atomic mass is 9.89. The fraction of sp³-hybridized carbons (Fsp3) is 0.0444. The average molecular weight is 666 g/mol. The number of thiophene rings is 1. The predicted molar refractivity (Wildman–Crippen MR) is 210 cm³/mol. The van der Waals surface area contributed by atoms with Gasteiger partial charge in [-0.05, 0) is 46.9 Å². The monoisotopic (exact) mass is 665 g/mol. The van der Waals surface area contributed by atoms with Gasteiger partial charge in [-0.15, -0.1) is 11.3 Å². The van der Waals surface area contributed by atoms with E-state index in [9.17, 15) is 4.57 Å². The number of hydrogen-bond acceptors (Lipinski definition) is 3. The van der Waals surface area contributed by atoms with Crippen molar-refractivity contribution in [3.8, 4) is 11.1 Å². The summed E-state index contributed by atoms with van der Waals surface area (Å²) >= 11 is 1.83. The Morgan fingerprint density at radius 3 is 1.92 bits per heavy atom. The molecular formula is C45H32NOPS. The maximum absolute atomic E-state index is 14.8. The first-order valence-electron chi connectivity index (χ1n) is 16.7. The molecule has 0 fully saturated rings. The van der Waals surface area contributed by atoms with Gasteiger partial charge in [0.1, 0.15) is 0 Å². The van der Waals surface area contributed by atoms with E-state index in [1.165, 1.54) is 42.2 Å². The Kier molecular flexibility index (Phi) is 7.46. The van der Waals surface area contributed by atoms with Crippen LogP contribution in [-0.4, -0.2) is 4.98 Å². The third-order valence-corrected chi connectivity index (χ3v) is 14.0. The highest BCUT2D eigenvalue weighted by Gasteiger charge is 2.29. The van der Waals surface area contributed by atoms with Crippen molar-refractivity contribution in [1.29, 1.82) is 0 Å². The van der Waals surface area contributed by atoms with Gasteiger partial charge in [0.15, 0.2) is 7.14 Å². The Labute approximate surface area is 290 Å². The molecule has 0 aliphatic heterocycles. The summed E-state index contributed by atoms with van der Waals surface area (Å²) in [6, 6.07) is 54.1. The van der Waals surface area contributed by atoms with Crippen molar-refractivity contribution in [2.75, 3.05) is 0 Å². The number of hydrogen-bond donors (Lipinski definition) is 0. The smallest absolute Gasteiger partial charge is 0.171 e. The third kappa shape index (κ3) is 5.18. The molecule has 0 saturated carbocycles. The van der Waals surface area contributed by atoms with Crippen molar-refractivity contribution < 1.29 is 4.57 Å². The molecule has 4 heteroatoms. The first kappa shape index (κ1) is 29.8. The molecule has 0 spiro atoms. The minimum atomic E-state index is -3.00. The zero-order valence-electron chi connectivity index (χ0n) is 26.7. The number of nitrogens with zero attached hydrogens (tertiary/aromatic N) is 1. The summed E-state index contributed by atoms with van der Waals surface area (Å²) in [5.41, 5.74) is 6.85. The largest absolute Gasteiger partial charge is 0.309 e. The van der Waals surface area contributed by atoms with Gasteiger partial charge in [0.05, 0.1) is 15.9 Å². The second-order valence-electron chi connectivity index (χ2n) is 12.6. The van der Waals surface area contributed by atoms with Crippen LogP contribution >= 0.6 is 18.5 Å². The highest BCUT2D eigenvalue weighted by molar-refractivity contribution is 7.85. The van der Waals surface area contributed by atoms with Crippen LogP contribution in [0.5, 0.6) is 0 Å². The molecule has 0 saturated heterocycles. The normalized spacial score (nSPS) is 14.8. The lowest BCUT2D eigenvalue weighted by molar-refractivity contribution is 0.592. The highest BCUT2D eigenvalue weighted by atomic mass is 32.1. The van der Waals surface area contributed by atoms with Crippen molar-refractivity contribution >= 4 is 71.0 Å². The molecule has 6 aromatic carbocycles. The van der Waals surface area contributed by atoms with Gasteiger partial charge in [-0.2, -0.15) is 0 Å². The molecule has 234 valence electrons. The Bertz CT molecular complexity index is 2540. The molecule has 49 heavy (non-hydrogen) atoms. The van der Waals surface area contributed by atoms with E-state index >= 15 is 0 Å². The van der Waals surface area contributed by atoms with E-state index in [1.807, 2.05) is 72.0 Å². The third-order valence-electron chi connectivity index (χ3n) is 9.71. The standard InChI is InChI=1S/C45H32NOPS/c47-48(36-14-6-2-7-15-36,37-16-8-3-9-17-37)38-27-24-33(25-28-38)32-20-22-34(23-21-32)44-45-43(39-18-10-11-19-42(39)49-45)40-30-35(26-29-41(40)46-44)31-12-4-1-5-13-31/h1-20,22-30,32H,21H2. The minimum absolute atomic E-state index is 0.234. The van der Waals surface area contributed by atoms with Crippen LogP contribution in [0.2, 0.25) is 0 Å². The minimum Gasteiger partial charge on any atom is -0.309 e. The first-order valence-corrected chi connectivity index (χ1v) is 19.2. The molecule has 2 nitrogen and oxygen atoms in total. The Balaban J connectivity index is 1.07. The summed E-state index contributed by atoms with van der Waals surface area (Å²) in [6.07, 6.45) is 7.77. The predicted octanol–water partition coefficient (Wildman–Crippen LogP) is 11.0. The number of fused-ring (bicyclic) bond motifs is 5. The van der Waals surface area contributed by atoms with Crippen LogP contribution in [0.15, 0.2) is 176 Å². The summed E-state index contributed by atoms with van der Waals surface area (Å²) in [6.45, 7) is 0. The maximum atomic E-state index is 14.8. The fourth-order valence-corrected chi connectivity index (χ4v) is 11.1. The van der Waals surface area contributed by atoms with Crippen LogP contribution in [0, 0.1) is 0 Å². The summed E-state index contributed by atoms with van der Waals surface area (Å²) < 4.78 is 17.3. The molecule has 2 aromatic heterocycles. The zero-order valence-corrected chi connectivity index (χ0v) is 28.4. The molecule has 1 atom stereocenters. The number of benzene rings is 6. The average Bonchev–Trinajstić information content (AvgIpc) is 3.58. The van der Waals surface area contributed by atoms with Crippen molar-refractivity contribution in [3.63, 3.8) is 0 Å². The van der Waals surface area contributed by atoms with Gasteiger partial charge in [-0.1, -0.05) is 158 Å². The summed E-state index contributed by atoms with van der Waals surface area (Å²) in [5, 5.41) is 6.32. The maximum Gasteiger partial charge on any atom is 0.171 e. The molecule has 8 aromatic rings. The number of allylic oxidation sites excluding steroid dienone is 4. The highest BCUT2D eigenvalue weighted by Crippen LogP contribution is 2.45. The Hall–Kier alpha value is -5.34. The number of rotatable bonds is 6. The molecule has 0 radical (unpaired) electrons. The van der Waals surface area contributed by atoms with E-state index in [2.05, 4.69) is 115 Å². The lowest BCUT2D eigenvalue weighted by Crippen LogP contribution is -2.25. The second kappa shape index (κ2) is 12.3. The van der Waals surface area contributed by atoms with Crippen molar-refractivity contribution in [1.82, 2.24) is 4.98 Å². The molecule has 2 heterocycles. The number of aromatic nitrogens is 1. The van der Waals surface area contributed by atoms with Crippen LogP contribution in [-0.2, 0) is 4.57 Å². The molecular weight excluding hydrogens is 634 g/mol. The van der Waals surface area contributed by atoms with Gasteiger partial charge >= 0.3 is 0 Å². The second-order valence-corrected chi connectivity index (χ2v) is 16.4. The molecule has 0 amide bonds. The molecule has 1 aliphatic carbocycles. The summed E-state index contributed by atoms with van der Waals surface area (Å²) in [4.78, 5) is 5.31. The van der Waals surface area contributed by atoms with E-state index < -0.39 is 7.14 Å². The summed E-state index contributed by atoms with van der Waals surface area (Å²) in [7, 11) is -3.00. The molecule has 1 unspecified atom stereocenters. The SMILES string of the molecule is O=P(c1ccccc1)(c1ccccc1)c1ccc(C2C=CC(c3nc4ccc(-c5ccccc5)cc4c4c3sc3ccccc34)=CC2)cc1. The van der Waals surface area contributed by atoms with Gasteiger partial charge in [-0.25, -0.2) is 4.98 Å². The van der Waals surface area contributed by atoms with Crippen LogP contribution in [0.3, 0.4) is 0 Å². The van der Waals surface area contributed by atoms with Gasteiger partial charge in [-0.3, -0.25) is 0 Å². The van der Waals surface area contributed by atoms with E-state index in [0.29, 0.717) is 0 Å². The van der Waals surface area contributed by atoms with E-state index in [4.69, 9.17) is 4.98 Å². The van der Waals surface area contributed by atoms with Crippen LogP contribution in [0.25, 0.3) is 47.8 Å². The quantitative estimate of drug-likeness (QED) is 0.166. The number of pyridine rings is 1. The van der Waals surface area contributed by atoms with E-state index in [-0.39, 0.29) is 5.92 Å².